The first-order valence-electron chi connectivity index (χ1n) is 8.46. The molecular formula is C18H22N4O. The number of carbonyl (C=O) groups excluding carboxylic acids is 1. The molecule has 1 fully saturated rings. The first-order chi connectivity index (χ1) is 11.2. The Morgan fingerprint density at radius 1 is 1.30 bits per heavy atom. The molecule has 5 heteroatoms. The van der Waals surface area contributed by atoms with Crippen molar-refractivity contribution in [2.45, 2.75) is 45.1 Å². The molecule has 1 aliphatic carbocycles. The van der Waals surface area contributed by atoms with Crippen LogP contribution in [-0.4, -0.2) is 32.5 Å². The van der Waals surface area contributed by atoms with Gasteiger partial charge in [-0.3, -0.25) is 9.89 Å². The first-order valence-corrected chi connectivity index (χ1v) is 8.46. The fraction of sp³-hybridized carbons (Fsp3) is 0.500. The number of aryl methyl sites for hydroxylation is 1. The molecule has 0 spiro atoms. The molecule has 2 aromatic rings. The van der Waals surface area contributed by atoms with Gasteiger partial charge in [-0.15, -0.1) is 0 Å². The summed E-state index contributed by atoms with van der Waals surface area (Å²) in [5.74, 6) is 2.27. The predicted molar refractivity (Wildman–Crippen MR) is 86.8 cm³/mol. The molecule has 1 aliphatic heterocycles. The zero-order chi connectivity index (χ0) is 15.8. The number of carbonyl (C=O) groups is 1. The van der Waals surface area contributed by atoms with Gasteiger partial charge in [0, 0.05) is 13.0 Å². The van der Waals surface area contributed by atoms with Gasteiger partial charge in [-0.2, -0.15) is 5.10 Å². The molecule has 1 amide bonds. The van der Waals surface area contributed by atoms with Crippen LogP contribution in [0.4, 0.5) is 0 Å². The second-order valence-corrected chi connectivity index (χ2v) is 6.77. The SMILES string of the molecule is Cc1nc([C@H]2CCCN2C(=O)CC2Cc3ccccc3C2)n[nH]1. The summed E-state index contributed by atoms with van der Waals surface area (Å²) in [6.07, 6.45) is 4.69. The van der Waals surface area contributed by atoms with E-state index in [2.05, 4.69) is 39.4 Å². The van der Waals surface area contributed by atoms with Crippen molar-refractivity contribution in [1.82, 2.24) is 20.1 Å². The number of likely N-dealkylation sites (tertiary alicyclic amines) is 1. The molecule has 120 valence electrons. The minimum Gasteiger partial charge on any atom is -0.332 e. The van der Waals surface area contributed by atoms with Gasteiger partial charge in [-0.05, 0) is 49.7 Å². The Morgan fingerprint density at radius 3 is 2.70 bits per heavy atom. The van der Waals surface area contributed by atoms with Gasteiger partial charge in [0.15, 0.2) is 5.82 Å². The third-order valence-electron chi connectivity index (χ3n) is 5.08. The van der Waals surface area contributed by atoms with Crippen LogP contribution in [0.3, 0.4) is 0 Å². The standard InChI is InChI=1S/C18H22N4O/c1-12-19-18(21-20-12)16-7-4-8-22(16)17(23)11-13-9-14-5-2-3-6-15(14)10-13/h2-3,5-6,13,16H,4,7-11H2,1H3,(H,19,20,21)/t16-/m1/s1. The number of rotatable bonds is 3. The summed E-state index contributed by atoms with van der Waals surface area (Å²) >= 11 is 0. The van der Waals surface area contributed by atoms with Gasteiger partial charge in [-0.25, -0.2) is 4.98 Å². The molecular weight excluding hydrogens is 288 g/mol. The van der Waals surface area contributed by atoms with Crippen LogP contribution in [0.5, 0.6) is 0 Å². The van der Waals surface area contributed by atoms with Crippen molar-refractivity contribution in [2.24, 2.45) is 5.92 Å². The highest BCUT2D eigenvalue weighted by molar-refractivity contribution is 5.77. The highest BCUT2D eigenvalue weighted by Gasteiger charge is 2.34. The fourth-order valence-electron chi connectivity index (χ4n) is 4.00. The van der Waals surface area contributed by atoms with Crippen molar-refractivity contribution in [2.75, 3.05) is 6.54 Å². The maximum absolute atomic E-state index is 12.8. The number of nitrogens with zero attached hydrogens (tertiary/aromatic N) is 3. The number of hydrogen-bond acceptors (Lipinski definition) is 3. The summed E-state index contributed by atoms with van der Waals surface area (Å²) in [6, 6.07) is 8.61. The van der Waals surface area contributed by atoms with Crippen molar-refractivity contribution in [3.05, 3.63) is 47.0 Å². The van der Waals surface area contributed by atoms with E-state index >= 15 is 0 Å². The smallest absolute Gasteiger partial charge is 0.223 e. The highest BCUT2D eigenvalue weighted by Crippen LogP contribution is 2.33. The lowest BCUT2D eigenvalue weighted by atomic mass is 10.0. The van der Waals surface area contributed by atoms with Gasteiger partial charge in [-0.1, -0.05) is 24.3 Å². The van der Waals surface area contributed by atoms with E-state index in [1.807, 2.05) is 11.8 Å². The molecule has 2 aliphatic rings. The van der Waals surface area contributed by atoms with Crippen LogP contribution in [0.2, 0.25) is 0 Å². The minimum atomic E-state index is 0.0521. The zero-order valence-electron chi connectivity index (χ0n) is 13.5. The van der Waals surface area contributed by atoms with Gasteiger partial charge in [0.1, 0.15) is 5.82 Å². The molecule has 0 unspecified atom stereocenters. The molecule has 1 aromatic carbocycles. The lowest BCUT2D eigenvalue weighted by Gasteiger charge is -2.24. The first kappa shape index (κ1) is 14.4. The van der Waals surface area contributed by atoms with E-state index in [4.69, 9.17) is 0 Å². The number of fused-ring (bicyclic) bond motifs is 1. The summed E-state index contributed by atoms with van der Waals surface area (Å²) in [6.45, 7) is 2.73. The molecule has 1 N–H and O–H groups in total. The van der Waals surface area contributed by atoms with Crippen molar-refractivity contribution in [1.29, 1.82) is 0 Å². The van der Waals surface area contributed by atoms with Crippen LogP contribution in [0.25, 0.3) is 0 Å². The molecule has 1 atom stereocenters. The van der Waals surface area contributed by atoms with Gasteiger partial charge >= 0.3 is 0 Å². The number of H-pyrrole nitrogens is 1. The minimum absolute atomic E-state index is 0.0521. The third-order valence-corrected chi connectivity index (χ3v) is 5.08. The van der Waals surface area contributed by atoms with E-state index in [9.17, 15) is 4.79 Å². The largest absolute Gasteiger partial charge is 0.332 e. The van der Waals surface area contributed by atoms with E-state index < -0.39 is 0 Å². The van der Waals surface area contributed by atoms with Crippen LogP contribution < -0.4 is 0 Å². The number of benzene rings is 1. The fourth-order valence-corrected chi connectivity index (χ4v) is 4.00. The summed E-state index contributed by atoms with van der Waals surface area (Å²) in [4.78, 5) is 19.2. The quantitative estimate of drug-likeness (QED) is 0.948. The van der Waals surface area contributed by atoms with Crippen LogP contribution in [0.15, 0.2) is 24.3 Å². The number of amides is 1. The molecule has 4 rings (SSSR count). The van der Waals surface area contributed by atoms with Gasteiger partial charge in [0.2, 0.25) is 5.91 Å². The molecule has 5 nitrogen and oxygen atoms in total. The van der Waals surface area contributed by atoms with Gasteiger partial charge in [0.25, 0.3) is 0 Å². The molecule has 0 radical (unpaired) electrons. The number of nitrogens with one attached hydrogen (secondary N) is 1. The molecule has 2 heterocycles. The monoisotopic (exact) mass is 310 g/mol. The van der Waals surface area contributed by atoms with Crippen molar-refractivity contribution in [3.8, 4) is 0 Å². The highest BCUT2D eigenvalue weighted by atomic mass is 16.2. The number of aromatic amines is 1. The summed E-state index contributed by atoms with van der Waals surface area (Å²) in [5.41, 5.74) is 2.82. The van der Waals surface area contributed by atoms with Crippen LogP contribution in [0.1, 0.15) is 48.1 Å². The molecule has 1 saturated heterocycles. The Kier molecular flexibility index (Phi) is 3.63. The Labute approximate surface area is 136 Å². The number of aromatic nitrogens is 3. The van der Waals surface area contributed by atoms with E-state index in [1.54, 1.807) is 0 Å². The Hall–Kier alpha value is -2.17. The summed E-state index contributed by atoms with van der Waals surface area (Å²) in [7, 11) is 0. The summed E-state index contributed by atoms with van der Waals surface area (Å²) < 4.78 is 0. The molecule has 23 heavy (non-hydrogen) atoms. The van der Waals surface area contributed by atoms with Crippen molar-refractivity contribution >= 4 is 5.91 Å². The van der Waals surface area contributed by atoms with Crippen molar-refractivity contribution in [3.63, 3.8) is 0 Å². The average molecular weight is 310 g/mol. The van der Waals surface area contributed by atoms with Gasteiger partial charge < -0.3 is 4.90 Å². The Bertz CT molecular complexity index is 698. The maximum Gasteiger partial charge on any atom is 0.223 e. The normalized spacial score (nSPS) is 20.9. The lowest BCUT2D eigenvalue weighted by Crippen LogP contribution is -2.32. The second kappa shape index (κ2) is 5.80. The van der Waals surface area contributed by atoms with Gasteiger partial charge in [0.05, 0.1) is 6.04 Å². The van der Waals surface area contributed by atoms with E-state index in [1.165, 1.54) is 11.1 Å². The predicted octanol–water partition coefficient (Wildman–Crippen LogP) is 2.58. The summed E-state index contributed by atoms with van der Waals surface area (Å²) in [5, 5.41) is 7.16. The Morgan fingerprint density at radius 2 is 2.04 bits per heavy atom. The molecule has 0 saturated carbocycles. The molecule has 0 bridgehead atoms. The van der Waals surface area contributed by atoms with E-state index in [-0.39, 0.29) is 11.9 Å². The zero-order valence-corrected chi connectivity index (χ0v) is 13.5. The van der Waals surface area contributed by atoms with E-state index in [0.29, 0.717) is 12.3 Å². The number of hydrogen-bond donors (Lipinski definition) is 1. The van der Waals surface area contributed by atoms with Crippen LogP contribution in [-0.2, 0) is 17.6 Å². The van der Waals surface area contributed by atoms with Crippen LogP contribution in [0, 0.1) is 12.8 Å². The average Bonchev–Trinajstić information content (AvgIpc) is 3.24. The van der Waals surface area contributed by atoms with E-state index in [0.717, 1.165) is 43.9 Å². The van der Waals surface area contributed by atoms with Crippen molar-refractivity contribution < 1.29 is 4.79 Å². The third kappa shape index (κ3) is 2.76. The maximum atomic E-state index is 12.8. The topological polar surface area (TPSA) is 61.9 Å². The molecule has 1 aromatic heterocycles. The lowest BCUT2D eigenvalue weighted by molar-refractivity contribution is -0.133. The van der Waals surface area contributed by atoms with Crippen LogP contribution >= 0.6 is 0 Å². The Balaban J connectivity index is 1.43. The second-order valence-electron chi connectivity index (χ2n) is 6.77.